The molecule has 8 heteroatoms. The molecule has 1 amide bonds. The molecule has 0 aliphatic rings. The first-order valence-electron chi connectivity index (χ1n) is 9.72. The van der Waals surface area contributed by atoms with Crippen LogP contribution in [-0.4, -0.2) is 47.4 Å². The molecule has 0 radical (unpaired) electrons. The summed E-state index contributed by atoms with van der Waals surface area (Å²) in [5.74, 6) is 0.990. The third kappa shape index (κ3) is 6.13. The number of benzene rings is 2. The Labute approximate surface area is 179 Å². The van der Waals surface area contributed by atoms with Crippen molar-refractivity contribution in [1.82, 2.24) is 5.32 Å². The molecule has 0 fully saturated rings. The lowest BCUT2D eigenvalue weighted by molar-refractivity contribution is -0.121. The summed E-state index contributed by atoms with van der Waals surface area (Å²) in [6.45, 7) is 3.90. The highest BCUT2D eigenvalue weighted by Gasteiger charge is 2.28. The number of nitrogens with zero attached hydrogens (tertiary/aromatic N) is 1. The largest absolute Gasteiger partial charge is 0.493 e. The van der Waals surface area contributed by atoms with Gasteiger partial charge in [0, 0.05) is 6.54 Å². The van der Waals surface area contributed by atoms with E-state index >= 15 is 0 Å². The highest BCUT2D eigenvalue weighted by Crippen LogP contribution is 2.28. The van der Waals surface area contributed by atoms with Gasteiger partial charge in [0.1, 0.15) is 6.04 Å². The minimum Gasteiger partial charge on any atom is -0.493 e. The average molecular weight is 435 g/mol. The number of rotatable bonds is 10. The molecule has 0 bridgehead atoms. The Morgan fingerprint density at radius 2 is 1.80 bits per heavy atom. The van der Waals surface area contributed by atoms with Crippen LogP contribution in [0.4, 0.5) is 5.69 Å². The molecule has 0 spiro atoms. The second-order valence-electron chi connectivity index (χ2n) is 7.16. The van der Waals surface area contributed by atoms with Crippen molar-refractivity contribution in [2.75, 3.05) is 31.3 Å². The summed E-state index contributed by atoms with van der Waals surface area (Å²) in [6, 6.07) is 11.9. The van der Waals surface area contributed by atoms with Crippen LogP contribution in [0.3, 0.4) is 0 Å². The molecule has 2 aromatic carbocycles. The van der Waals surface area contributed by atoms with Gasteiger partial charge in [0.05, 0.1) is 26.2 Å². The second-order valence-corrected chi connectivity index (χ2v) is 9.02. The van der Waals surface area contributed by atoms with Crippen LogP contribution < -0.4 is 19.1 Å². The number of methoxy groups -OCH3 is 2. The molecule has 7 nitrogen and oxygen atoms in total. The summed E-state index contributed by atoms with van der Waals surface area (Å²) in [4.78, 5) is 12.6. The zero-order valence-electron chi connectivity index (χ0n) is 18.1. The lowest BCUT2D eigenvalue weighted by Gasteiger charge is -2.28. The fourth-order valence-corrected chi connectivity index (χ4v) is 4.43. The Morgan fingerprint density at radius 1 is 1.10 bits per heavy atom. The molecule has 2 rings (SSSR count). The van der Waals surface area contributed by atoms with Gasteiger partial charge in [-0.3, -0.25) is 9.10 Å². The van der Waals surface area contributed by atoms with Crippen molar-refractivity contribution in [3.63, 3.8) is 0 Å². The van der Waals surface area contributed by atoms with Crippen LogP contribution in [0.2, 0.25) is 0 Å². The van der Waals surface area contributed by atoms with Crippen LogP contribution in [0.25, 0.3) is 0 Å². The number of hydrogen-bond donors (Lipinski definition) is 1. The topological polar surface area (TPSA) is 84.9 Å². The van der Waals surface area contributed by atoms with E-state index in [1.54, 1.807) is 39.3 Å². The average Bonchev–Trinajstić information content (AvgIpc) is 2.69. The Bertz CT molecular complexity index is 975. The Balaban J connectivity index is 1.97. The Morgan fingerprint density at radius 3 is 2.40 bits per heavy atom. The van der Waals surface area contributed by atoms with Crippen LogP contribution in [0, 0.1) is 6.92 Å². The molecule has 0 heterocycles. The summed E-state index contributed by atoms with van der Waals surface area (Å²) in [6.07, 6.45) is 2.55. The number of sulfonamides is 1. The van der Waals surface area contributed by atoms with Gasteiger partial charge in [-0.2, -0.15) is 0 Å². The molecule has 1 N–H and O–H groups in total. The normalized spacial score (nSPS) is 12.2. The van der Waals surface area contributed by atoms with Gasteiger partial charge in [0.25, 0.3) is 0 Å². The monoisotopic (exact) mass is 434 g/mol. The molecule has 164 valence electrons. The van der Waals surface area contributed by atoms with Gasteiger partial charge < -0.3 is 14.8 Å². The van der Waals surface area contributed by atoms with E-state index in [1.807, 2.05) is 31.2 Å². The molecule has 30 heavy (non-hydrogen) atoms. The van der Waals surface area contributed by atoms with E-state index in [9.17, 15) is 13.2 Å². The SMILES string of the molecule is COc1ccc(CCCNC(=O)C(C)N(c2cccc(C)c2)S(C)(=O)=O)cc1OC. The lowest BCUT2D eigenvalue weighted by Crippen LogP contribution is -2.48. The summed E-state index contributed by atoms with van der Waals surface area (Å²) >= 11 is 0. The number of anilines is 1. The molecule has 0 aromatic heterocycles. The van der Waals surface area contributed by atoms with Gasteiger partial charge in [0.15, 0.2) is 11.5 Å². The standard InChI is InChI=1S/C22H30N2O5S/c1-16-8-6-10-19(14-16)24(30(5,26)27)17(2)22(25)23-13-7-9-18-11-12-20(28-3)21(15-18)29-4/h6,8,10-12,14-15,17H,7,9,13H2,1-5H3,(H,23,25). The predicted octanol–water partition coefficient (Wildman–Crippen LogP) is 2.92. The van der Waals surface area contributed by atoms with E-state index < -0.39 is 16.1 Å². The fraction of sp³-hybridized carbons (Fsp3) is 0.409. The first kappa shape index (κ1) is 23.5. The lowest BCUT2D eigenvalue weighted by atomic mass is 10.1. The van der Waals surface area contributed by atoms with E-state index in [4.69, 9.17) is 9.47 Å². The summed E-state index contributed by atoms with van der Waals surface area (Å²) < 4.78 is 36.4. The van der Waals surface area contributed by atoms with Gasteiger partial charge in [-0.15, -0.1) is 0 Å². The first-order chi connectivity index (χ1) is 14.2. The van der Waals surface area contributed by atoms with E-state index in [-0.39, 0.29) is 5.91 Å². The maximum Gasteiger partial charge on any atom is 0.243 e. The third-order valence-electron chi connectivity index (χ3n) is 4.73. The van der Waals surface area contributed by atoms with E-state index in [0.717, 1.165) is 28.1 Å². The van der Waals surface area contributed by atoms with Crippen molar-refractivity contribution in [2.24, 2.45) is 0 Å². The van der Waals surface area contributed by atoms with Gasteiger partial charge in [-0.1, -0.05) is 18.2 Å². The fourth-order valence-electron chi connectivity index (χ4n) is 3.26. The second kappa shape index (κ2) is 10.3. The van der Waals surface area contributed by atoms with Crippen molar-refractivity contribution in [2.45, 2.75) is 32.7 Å². The van der Waals surface area contributed by atoms with Crippen molar-refractivity contribution in [3.8, 4) is 11.5 Å². The molecule has 1 unspecified atom stereocenters. The highest BCUT2D eigenvalue weighted by molar-refractivity contribution is 7.92. The number of ether oxygens (including phenoxy) is 2. The maximum atomic E-state index is 12.6. The molecule has 0 saturated heterocycles. The number of aryl methyl sites for hydroxylation is 2. The van der Waals surface area contributed by atoms with Crippen molar-refractivity contribution in [3.05, 3.63) is 53.6 Å². The smallest absolute Gasteiger partial charge is 0.243 e. The van der Waals surface area contributed by atoms with Crippen molar-refractivity contribution in [1.29, 1.82) is 0 Å². The van der Waals surface area contributed by atoms with E-state index in [1.165, 1.54) is 0 Å². The maximum absolute atomic E-state index is 12.6. The third-order valence-corrected chi connectivity index (χ3v) is 5.98. The summed E-state index contributed by atoms with van der Waals surface area (Å²) in [5.41, 5.74) is 2.46. The van der Waals surface area contributed by atoms with Crippen molar-refractivity contribution >= 4 is 21.6 Å². The Hall–Kier alpha value is -2.74. The number of hydrogen-bond acceptors (Lipinski definition) is 5. The van der Waals surface area contributed by atoms with Gasteiger partial charge >= 0.3 is 0 Å². The number of nitrogens with one attached hydrogen (secondary N) is 1. The van der Waals surface area contributed by atoms with Gasteiger partial charge in [-0.05, 0) is 62.1 Å². The zero-order valence-corrected chi connectivity index (χ0v) is 19.0. The van der Waals surface area contributed by atoms with Crippen LogP contribution in [-0.2, 0) is 21.2 Å². The molecule has 0 aliphatic heterocycles. The molecule has 2 aromatic rings. The number of carbonyl (C=O) groups is 1. The van der Waals surface area contributed by atoms with Crippen LogP contribution in [0.15, 0.2) is 42.5 Å². The Kier molecular flexibility index (Phi) is 8.11. The molecule has 1 atom stereocenters. The molecular weight excluding hydrogens is 404 g/mol. The predicted molar refractivity (Wildman–Crippen MR) is 119 cm³/mol. The van der Waals surface area contributed by atoms with Crippen LogP contribution in [0.5, 0.6) is 11.5 Å². The van der Waals surface area contributed by atoms with Crippen molar-refractivity contribution < 1.29 is 22.7 Å². The summed E-state index contributed by atoms with van der Waals surface area (Å²) in [5, 5.41) is 2.84. The summed E-state index contributed by atoms with van der Waals surface area (Å²) in [7, 11) is -0.444. The van der Waals surface area contributed by atoms with E-state index in [2.05, 4.69) is 5.32 Å². The zero-order chi connectivity index (χ0) is 22.3. The first-order valence-corrected chi connectivity index (χ1v) is 11.6. The van der Waals surface area contributed by atoms with Crippen LogP contribution in [0.1, 0.15) is 24.5 Å². The minimum absolute atomic E-state index is 0.339. The molecule has 0 saturated carbocycles. The quantitative estimate of drug-likeness (QED) is 0.581. The van der Waals surface area contributed by atoms with Crippen LogP contribution >= 0.6 is 0 Å². The highest BCUT2D eigenvalue weighted by atomic mass is 32.2. The number of amides is 1. The minimum atomic E-state index is -3.62. The van der Waals surface area contributed by atoms with Gasteiger partial charge in [0.2, 0.25) is 15.9 Å². The molecular formula is C22H30N2O5S. The number of carbonyl (C=O) groups excluding carboxylic acids is 1. The molecule has 0 aliphatic carbocycles. The van der Waals surface area contributed by atoms with Gasteiger partial charge in [-0.25, -0.2) is 8.42 Å². The van der Waals surface area contributed by atoms with E-state index in [0.29, 0.717) is 30.2 Å².